The van der Waals surface area contributed by atoms with Gasteiger partial charge in [-0.2, -0.15) is 0 Å². The third kappa shape index (κ3) is 18.9. The molecule has 0 aromatic rings. The molecule has 2 aliphatic rings. The molecule has 0 radical (unpaired) electrons. The van der Waals surface area contributed by atoms with Crippen LogP contribution in [0.4, 0.5) is 0 Å². The molecule has 0 aromatic carbocycles. The molecule has 0 N–H and O–H groups in total. The average Bonchev–Trinajstić information content (AvgIpc) is 2.92. The van der Waals surface area contributed by atoms with Crippen LogP contribution < -0.4 is 0 Å². The molecule has 0 nitrogen and oxygen atoms in total. The van der Waals surface area contributed by atoms with Crippen molar-refractivity contribution < 1.29 is 25.8 Å². The predicted molar refractivity (Wildman–Crippen MR) is 106 cm³/mol. The van der Waals surface area contributed by atoms with Crippen LogP contribution in [-0.4, -0.2) is 0 Å². The Morgan fingerprint density at radius 3 is 1.00 bits per heavy atom. The zero-order valence-electron chi connectivity index (χ0n) is 16.1. The molecular formula is C21H48Hf. The molecule has 0 aromatic heterocycles. The average molecular weight is 479 g/mol. The van der Waals surface area contributed by atoms with Gasteiger partial charge in [0.05, 0.1) is 0 Å². The van der Waals surface area contributed by atoms with E-state index < -0.39 is 0 Å². The van der Waals surface area contributed by atoms with Crippen molar-refractivity contribution in [1.29, 1.82) is 0 Å². The Morgan fingerprint density at radius 1 is 0.591 bits per heavy atom. The van der Waals surface area contributed by atoms with E-state index in [4.69, 9.17) is 0 Å². The van der Waals surface area contributed by atoms with Gasteiger partial charge in [-0.05, 0) is 11.8 Å². The van der Waals surface area contributed by atoms with E-state index in [0.717, 1.165) is 11.8 Å². The standard InChI is InChI=1S/2C8H16.CH4.4CH3.Hf/c2*1-2-5-8-6-3-4-7-8;;;;;;/h2*8H,2-7H2,1H3;1H4;4*1H3;/q;;;4*-1;+4. The first-order valence-corrected chi connectivity index (χ1v) is 7.86. The molecule has 136 valence electrons. The molecule has 2 rings (SSSR count). The van der Waals surface area contributed by atoms with Crippen molar-refractivity contribution in [2.45, 2.75) is 98.3 Å². The smallest absolute Gasteiger partial charge is 0.358 e. The number of rotatable bonds is 4. The first-order valence-electron chi connectivity index (χ1n) is 7.86. The maximum absolute atomic E-state index is 2.29. The van der Waals surface area contributed by atoms with E-state index in [1.165, 1.54) is 77.0 Å². The van der Waals surface area contributed by atoms with E-state index >= 15 is 0 Å². The topological polar surface area (TPSA) is 0 Å². The molecule has 2 fully saturated rings. The Bertz CT molecular complexity index is 126. The SMILES string of the molecule is C.CCCC1CCCC1.CCCC1CCCC1.[CH3-].[CH3-].[CH3-].[CH3-].[Hf+4]. The van der Waals surface area contributed by atoms with E-state index in [1.54, 1.807) is 0 Å². The Labute approximate surface area is 165 Å². The second-order valence-electron chi connectivity index (χ2n) is 5.88. The van der Waals surface area contributed by atoms with Crippen LogP contribution in [-0.2, 0) is 25.8 Å². The minimum atomic E-state index is 0. The first kappa shape index (κ1) is 38.4. The maximum atomic E-state index is 2.29. The number of hydrogen-bond donors (Lipinski definition) is 0. The molecule has 0 amide bonds. The van der Waals surface area contributed by atoms with E-state index in [1.807, 2.05) is 0 Å². The summed E-state index contributed by atoms with van der Waals surface area (Å²) in [4.78, 5) is 0. The minimum absolute atomic E-state index is 0. The molecule has 22 heavy (non-hydrogen) atoms. The van der Waals surface area contributed by atoms with Gasteiger partial charge >= 0.3 is 25.8 Å². The molecule has 0 spiro atoms. The van der Waals surface area contributed by atoms with Gasteiger partial charge in [0.2, 0.25) is 0 Å². The van der Waals surface area contributed by atoms with E-state index in [-0.39, 0.29) is 63.0 Å². The zero-order valence-corrected chi connectivity index (χ0v) is 19.7. The first-order chi connectivity index (χ1) is 7.86. The molecule has 0 unspecified atom stereocenters. The van der Waals surface area contributed by atoms with Crippen LogP contribution >= 0.6 is 0 Å². The van der Waals surface area contributed by atoms with Crippen LogP contribution in [0.3, 0.4) is 0 Å². The quantitative estimate of drug-likeness (QED) is 0.281. The fourth-order valence-electron chi connectivity index (χ4n) is 3.41. The van der Waals surface area contributed by atoms with Crippen molar-refractivity contribution >= 4 is 0 Å². The largest absolute Gasteiger partial charge is 4.00 e. The Morgan fingerprint density at radius 2 is 0.818 bits per heavy atom. The summed E-state index contributed by atoms with van der Waals surface area (Å²) in [5, 5.41) is 0. The summed E-state index contributed by atoms with van der Waals surface area (Å²) in [6, 6.07) is 0. The van der Waals surface area contributed by atoms with Crippen molar-refractivity contribution in [3.05, 3.63) is 29.7 Å². The Hall–Kier alpha value is 0.870. The zero-order chi connectivity index (χ0) is 11.6. The van der Waals surface area contributed by atoms with Crippen LogP contribution in [0.2, 0.25) is 0 Å². The van der Waals surface area contributed by atoms with Gasteiger partial charge in [-0.15, -0.1) is 0 Å². The van der Waals surface area contributed by atoms with Gasteiger partial charge in [0.15, 0.2) is 0 Å². The van der Waals surface area contributed by atoms with Crippen LogP contribution in [0.1, 0.15) is 98.3 Å². The van der Waals surface area contributed by atoms with E-state index in [2.05, 4.69) is 13.8 Å². The molecule has 0 bridgehead atoms. The van der Waals surface area contributed by atoms with E-state index in [0.29, 0.717) is 0 Å². The summed E-state index contributed by atoms with van der Waals surface area (Å²) in [7, 11) is 0. The third-order valence-electron chi connectivity index (χ3n) is 4.34. The number of hydrogen-bond acceptors (Lipinski definition) is 0. The monoisotopic (exact) mass is 480 g/mol. The van der Waals surface area contributed by atoms with Gasteiger partial charge < -0.3 is 29.7 Å². The van der Waals surface area contributed by atoms with Crippen LogP contribution in [0, 0.1) is 41.5 Å². The van der Waals surface area contributed by atoms with E-state index in [9.17, 15) is 0 Å². The van der Waals surface area contributed by atoms with Crippen molar-refractivity contribution in [3.8, 4) is 0 Å². The fourth-order valence-corrected chi connectivity index (χ4v) is 3.41. The van der Waals surface area contributed by atoms with Gasteiger partial charge in [0, 0.05) is 0 Å². The fraction of sp³-hybridized carbons (Fsp3) is 0.810. The van der Waals surface area contributed by atoms with Crippen LogP contribution in [0.5, 0.6) is 0 Å². The summed E-state index contributed by atoms with van der Waals surface area (Å²) in [5.41, 5.74) is 0. The normalized spacial score (nSPS) is 16.1. The Balaban J connectivity index is -0.0000000457. The molecule has 0 saturated heterocycles. The van der Waals surface area contributed by atoms with Crippen LogP contribution in [0.15, 0.2) is 0 Å². The molecule has 2 saturated carbocycles. The molecular weight excluding hydrogens is 431 g/mol. The van der Waals surface area contributed by atoms with Gasteiger partial charge in [-0.3, -0.25) is 0 Å². The van der Waals surface area contributed by atoms with Gasteiger partial charge in [0.1, 0.15) is 0 Å². The molecule has 0 aliphatic heterocycles. The maximum Gasteiger partial charge on any atom is 4.00 e. The van der Waals surface area contributed by atoms with Crippen molar-refractivity contribution in [1.82, 2.24) is 0 Å². The minimum Gasteiger partial charge on any atom is -0.358 e. The predicted octanol–water partition coefficient (Wildman–Crippen LogP) is 8.39. The molecule has 0 heterocycles. The third-order valence-corrected chi connectivity index (χ3v) is 4.34. The van der Waals surface area contributed by atoms with Crippen molar-refractivity contribution in [3.63, 3.8) is 0 Å². The molecule has 2 aliphatic carbocycles. The summed E-state index contributed by atoms with van der Waals surface area (Å²) >= 11 is 0. The van der Waals surface area contributed by atoms with Gasteiger partial charge in [0.25, 0.3) is 0 Å². The van der Waals surface area contributed by atoms with Crippen molar-refractivity contribution in [2.24, 2.45) is 11.8 Å². The second kappa shape index (κ2) is 26.8. The molecule has 1 heteroatoms. The molecule has 0 atom stereocenters. The second-order valence-corrected chi connectivity index (χ2v) is 5.88. The summed E-state index contributed by atoms with van der Waals surface area (Å²) in [5.74, 6) is 2.22. The summed E-state index contributed by atoms with van der Waals surface area (Å²) in [6.45, 7) is 4.58. The van der Waals surface area contributed by atoms with Gasteiger partial charge in [-0.1, -0.05) is 98.3 Å². The van der Waals surface area contributed by atoms with Crippen LogP contribution in [0.25, 0.3) is 0 Å². The summed E-state index contributed by atoms with van der Waals surface area (Å²) < 4.78 is 0. The van der Waals surface area contributed by atoms with Gasteiger partial charge in [-0.25, -0.2) is 0 Å². The summed E-state index contributed by atoms with van der Waals surface area (Å²) in [6.07, 6.45) is 17.9. The Kier molecular flexibility index (Phi) is 46.7. The van der Waals surface area contributed by atoms with Crippen molar-refractivity contribution in [2.75, 3.05) is 0 Å².